The summed E-state index contributed by atoms with van der Waals surface area (Å²) in [4.78, 5) is 4.82. The number of nitrogen functional groups attached to an aromatic ring is 2. The quantitative estimate of drug-likeness (QED) is 0.271. The van der Waals surface area contributed by atoms with Gasteiger partial charge in [0, 0.05) is 0 Å². The number of benzene rings is 2. The van der Waals surface area contributed by atoms with Crippen molar-refractivity contribution in [3.63, 3.8) is 0 Å². The largest absolute Gasteiger partial charge is 0.433 e. The Hall–Kier alpha value is -2.72. The average molecular weight is 555 g/mol. The molecular formula is C29H42F4N4O2. The Balaban J connectivity index is 0.000000216. The molecule has 0 unspecified atom stereocenters. The molecule has 2 aliphatic heterocycles. The Bertz CT molecular complexity index is 1010. The Morgan fingerprint density at radius 1 is 0.718 bits per heavy atom. The molecule has 0 atom stereocenters. The summed E-state index contributed by atoms with van der Waals surface area (Å²) in [5.74, 6) is 0.854. The molecule has 4 rings (SSSR count). The Morgan fingerprint density at radius 2 is 1.13 bits per heavy atom. The van der Waals surface area contributed by atoms with E-state index in [4.69, 9.17) is 11.5 Å². The lowest BCUT2D eigenvalue weighted by molar-refractivity contribution is -0.0500. The van der Waals surface area contributed by atoms with Crippen LogP contribution in [0.1, 0.15) is 68.9 Å². The first-order valence-electron chi connectivity index (χ1n) is 13.8. The fraction of sp³-hybridized carbons (Fsp3) is 0.586. The van der Waals surface area contributed by atoms with Gasteiger partial charge in [0.05, 0.1) is 11.4 Å². The van der Waals surface area contributed by atoms with Gasteiger partial charge in [0.25, 0.3) is 0 Å². The van der Waals surface area contributed by atoms with Crippen molar-refractivity contribution < 1.29 is 27.0 Å². The molecule has 0 aliphatic carbocycles. The maximum absolute atomic E-state index is 12.3. The fourth-order valence-corrected chi connectivity index (χ4v) is 5.58. The molecule has 39 heavy (non-hydrogen) atoms. The van der Waals surface area contributed by atoms with Crippen LogP contribution in [0, 0.1) is 0 Å². The van der Waals surface area contributed by atoms with E-state index in [1.165, 1.54) is 12.1 Å². The third-order valence-corrected chi connectivity index (χ3v) is 7.67. The van der Waals surface area contributed by atoms with E-state index in [2.05, 4.69) is 33.1 Å². The van der Waals surface area contributed by atoms with Crippen LogP contribution in [0.15, 0.2) is 36.4 Å². The number of ether oxygens (including phenoxy) is 2. The number of piperidine rings is 2. The van der Waals surface area contributed by atoms with Crippen molar-refractivity contribution in [3.05, 3.63) is 47.5 Å². The molecule has 218 valence electrons. The summed E-state index contributed by atoms with van der Waals surface area (Å²) in [6, 6.07) is 10.3. The molecule has 2 aliphatic rings. The highest BCUT2D eigenvalue weighted by atomic mass is 19.3. The van der Waals surface area contributed by atoms with Crippen molar-refractivity contribution in [1.29, 1.82) is 0 Å². The van der Waals surface area contributed by atoms with Gasteiger partial charge in [-0.15, -0.1) is 0 Å². The number of likely N-dealkylation sites (tertiary alicyclic amines) is 2. The minimum absolute atomic E-state index is 0.0884. The first-order chi connectivity index (χ1) is 18.7. The molecule has 2 saturated heterocycles. The zero-order valence-corrected chi connectivity index (χ0v) is 22.9. The highest BCUT2D eigenvalue weighted by Gasteiger charge is 2.24. The second kappa shape index (κ2) is 15.2. The summed E-state index contributed by atoms with van der Waals surface area (Å²) in [5.41, 5.74) is 14.5. The summed E-state index contributed by atoms with van der Waals surface area (Å²) in [6.45, 7) is 4.96. The van der Waals surface area contributed by atoms with E-state index >= 15 is 0 Å². The van der Waals surface area contributed by atoms with Crippen LogP contribution in [0.4, 0.5) is 28.9 Å². The van der Waals surface area contributed by atoms with Gasteiger partial charge >= 0.3 is 13.2 Å². The summed E-state index contributed by atoms with van der Waals surface area (Å²) >= 11 is 0. The molecule has 2 aromatic carbocycles. The van der Waals surface area contributed by atoms with Crippen LogP contribution in [0.25, 0.3) is 0 Å². The van der Waals surface area contributed by atoms with Crippen LogP contribution >= 0.6 is 0 Å². The number of nitrogens with zero attached hydrogens (tertiary/aromatic N) is 2. The Labute approximate surface area is 229 Å². The molecule has 4 N–H and O–H groups in total. The predicted molar refractivity (Wildman–Crippen MR) is 148 cm³/mol. The first-order valence-corrected chi connectivity index (χ1v) is 13.8. The van der Waals surface area contributed by atoms with Crippen molar-refractivity contribution in [1.82, 2.24) is 9.80 Å². The van der Waals surface area contributed by atoms with Crippen LogP contribution in [-0.2, 0) is 0 Å². The zero-order chi connectivity index (χ0) is 28.4. The topological polar surface area (TPSA) is 77.0 Å². The van der Waals surface area contributed by atoms with Crippen LogP contribution in [-0.4, -0.2) is 62.3 Å². The average Bonchev–Trinajstić information content (AvgIpc) is 2.92. The Kier molecular flexibility index (Phi) is 12.0. The van der Waals surface area contributed by atoms with E-state index in [1.54, 1.807) is 12.1 Å². The van der Waals surface area contributed by atoms with Gasteiger partial charge in [0.15, 0.2) is 0 Å². The zero-order valence-electron chi connectivity index (χ0n) is 22.9. The van der Waals surface area contributed by atoms with Crippen molar-refractivity contribution in [2.24, 2.45) is 0 Å². The van der Waals surface area contributed by atoms with Crippen molar-refractivity contribution in [2.75, 3.05) is 50.7 Å². The summed E-state index contributed by atoms with van der Waals surface area (Å²) < 4.78 is 58.1. The van der Waals surface area contributed by atoms with Gasteiger partial charge < -0.3 is 30.7 Å². The van der Waals surface area contributed by atoms with Gasteiger partial charge in [-0.2, -0.15) is 17.6 Å². The first kappa shape index (κ1) is 30.8. The van der Waals surface area contributed by atoms with Gasteiger partial charge in [-0.3, -0.25) is 0 Å². The van der Waals surface area contributed by atoms with Crippen LogP contribution in [0.2, 0.25) is 0 Å². The van der Waals surface area contributed by atoms with Crippen molar-refractivity contribution >= 4 is 11.4 Å². The lowest BCUT2D eigenvalue weighted by atomic mass is 9.88. The number of para-hydroxylation sites is 2. The van der Waals surface area contributed by atoms with Gasteiger partial charge in [0.1, 0.15) is 11.5 Å². The molecule has 0 radical (unpaired) electrons. The van der Waals surface area contributed by atoms with Crippen LogP contribution < -0.4 is 20.9 Å². The molecule has 2 aromatic rings. The Morgan fingerprint density at radius 3 is 1.49 bits per heavy atom. The van der Waals surface area contributed by atoms with E-state index < -0.39 is 13.2 Å². The van der Waals surface area contributed by atoms with Gasteiger partial charge in [-0.25, -0.2) is 0 Å². The van der Waals surface area contributed by atoms with Gasteiger partial charge in [0.2, 0.25) is 0 Å². The number of halogens is 4. The maximum Gasteiger partial charge on any atom is 0.387 e. The van der Waals surface area contributed by atoms with E-state index in [1.807, 2.05) is 12.1 Å². The maximum atomic E-state index is 12.3. The normalized spacial score (nSPS) is 17.7. The highest BCUT2D eigenvalue weighted by molar-refractivity contribution is 5.60. The predicted octanol–water partition coefficient (Wildman–Crippen LogP) is 6.53. The molecule has 2 heterocycles. The molecule has 6 nitrogen and oxygen atoms in total. The minimum atomic E-state index is -2.83. The molecular weight excluding hydrogens is 512 g/mol. The second-order valence-corrected chi connectivity index (χ2v) is 10.1. The molecule has 0 bridgehead atoms. The molecule has 10 heteroatoms. The fourth-order valence-electron chi connectivity index (χ4n) is 5.58. The second-order valence-electron chi connectivity index (χ2n) is 10.1. The standard InChI is InChI=1S/C15H22F2N2O.C14H20F2N2O/c1-2-8-19-9-6-11(7-10-19)12-4-3-5-13(14(12)18)20-15(16)17;1-2-18-8-6-10(7-9-18)11-4-3-5-12(13(11)17)19-14(15)16/h3-5,11,15H,2,6-10,18H2,1H3;3-5,10,14H,2,6-9,17H2,1H3. The lowest BCUT2D eigenvalue weighted by Gasteiger charge is -2.32. The van der Waals surface area contributed by atoms with Crippen molar-refractivity contribution in [3.8, 4) is 11.5 Å². The van der Waals surface area contributed by atoms with Gasteiger partial charge in [-0.05, 0) is 106 Å². The van der Waals surface area contributed by atoms with E-state index in [0.717, 1.165) is 82.5 Å². The van der Waals surface area contributed by atoms with E-state index in [0.29, 0.717) is 23.2 Å². The number of rotatable bonds is 9. The number of hydrogen-bond donors (Lipinski definition) is 2. The third-order valence-electron chi connectivity index (χ3n) is 7.67. The highest BCUT2D eigenvalue weighted by Crippen LogP contribution is 2.38. The molecule has 2 fully saturated rings. The van der Waals surface area contributed by atoms with Gasteiger partial charge in [-0.1, -0.05) is 38.1 Å². The molecule has 0 amide bonds. The van der Waals surface area contributed by atoms with E-state index in [9.17, 15) is 17.6 Å². The molecule has 0 saturated carbocycles. The van der Waals surface area contributed by atoms with Crippen LogP contribution in [0.3, 0.4) is 0 Å². The number of alkyl halides is 4. The lowest BCUT2D eigenvalue weighted by Crippen LogP contribution is -2.33. The van der Waals surface area contributed by atoms with Crippen molar-refractivity contribution in [2.45, 2.75) is 71.0 Å². The summed E-state index contributed by atoms with van der Waals surface area (Å²) in [6.07, 6.45) is 5.21. The summed E-state index contributed by atoms with van der Waals surface area (Å²) in [5, 5.41) is 0. The molecule has 0 spiro atoms. The summed E-state index contributed by atoms with van der Waals surface area (Å²) in [7, 11) is 0. The van der Waals surface area contributed by atoms with E-state index in [-0.39, 0.29) is 11.5 Å². The number of nitrogens with two attached hydrogens (primary N) is 2. The number of anilines is 2. The molecule has 0 aromatic heterocycles. The smallest absolute Gasteiger partial charge is 0.387 e. The minimum Gasteiger partial charge on any atom is -0.433 e. The van der Waals surface area contributed by atoms with Crippen LogP contribution in [0.5, 0.6) is 11.5 Å². The number of hydrogen-bond acceptors (Lipinski definition) is 6. The SMILES string of the molecule is CCCN1CCC(c2cccc(OC(F)F)c2N)CC1.CCN1CCC(c2cccc(OC(F)F)c2N)CC1. The monoisotopic (exact) mass is 554 g/mol. The third kappa shape index (κ3) is 8.89.